The fourth-order valence-corrected chi connectivity index (χ4v) is 2.38. The molecule has 23 heavy (non-hydrogen) atoms. The Labute approximate surface area is 141 Å². The standard InChI is InChI=1S/C18H21ClN2O2/c19-17-8-6-15(7-9-17)10-11-20-18(23)21(12-13-22)14-16-4-2-1-3-5-16/h1-9,22H,10-14H2,(H,20,23). The molecule has 5 heteroatoms. The smallest absolute Gasteiger partial charge is 0.317 e. The van der Waals surface area contributed by atoms with Crippen molar-refractivity contribution in [3.63, 3.8) is 0 Å². The Morgan fingerprint density at radius 3 is 2.39 bits per heavy atom. The second-order valence-electron chi connectivity index (χ2n) is 5.24. The predicted molar refractivity (Wildman–Crippen MR) is 92.5 cm³/mol. The van der Waals surface area contributed by atoms with Gasteiger partial charge in [-0.2, -0.15) is 0 Å². The van der Waals surface area contributed by atoms with Gasteiger partial charge in [0.15, 0.2) is 0 Å². The van der Waals surface area contributed by atoms with E-state index in [0.717, 1.165) is 17.5 Å². The Hall–Kier alpha value is -2.04. The van der Waals surface area contributed by atoms with Crippen LogP contribution in [0.3, 0.4) is 0 Å². The lowest BCUT2D eigenvalue weighted by atomic mass is 10.1. The summed E-state index contributed by atoms with van der Waals surface area (Å²) in [5.74, 6) is 0. The summed E-state index contributed by atoms with van der Waals surface area (Å²) < 4.78 is 0. The minimum atomic E-state index is -0.170. The lowest BCUT2D eigenvalue weighted by molar-refractivity contribution is 0.174. The first-order valence-electron chi connectivity index (χ1n) is 7.61. The van der Waals surface area contributed by atoms with Crippen molar-refractivity contribution >= 4 is 17.6 Å². The van der Waals surface area contributed by atoms with Gasteiger partial charge in [-0.15, -0.1) is 0 Å². The summed E-state index contributed by atoms with van der Waals surface area (Å²) in [6.07, 6.45) is 0.737. The van der Waals surface area contributed by atoms with Gasteiger partial charge in [0, 0.05) is 24.7 Å². The van der Waals surface area contributed by atoms with Crippen molar-refractivity contribution in [2.24, 2.45) is 0 Å². The largest absolute Gasteiger partial charge is 0.395 e. The van der Waals surface area contributed by atoms with Crippen LogP contribution in [-0.4, -0.2) is 35.7 Å². The van der Waals surface area contributed by atoms with Crippen molar-refractivity contribution in [2.75, 3.05) is 19.7 Å². The molecular weight excluding hydrogens is 312 g/mol. The highest BCUT2D eigenvalue weighted by atomic mass is 35.5. The van der Waals surface area contributed by atoms with E-state index < -0.39 is 0 Å². The third-order valence-corrected chi connectivity index (χ3v) is 3.73. The number of carbonyl (C=O) groups excluding carboxylic acids is 1. The number of carbonyl (C=O) groups is 1. The molecule has 0 spiro atoms. The van der Waals surface area contributed by atoms with Crippen molar-refractivity contribution in [2.45, 2.75) is 13.0 Å². The fourth-order valence-electron chi connectivity index (χ4n) is 2.25. The SMILES string of the molecule is O=C(NCCc1ccc(Cl)cc1)N(CCO)Cc1ccccc1. The molecule has 2 rings (SSSR count). The van der Waals surface area contributed by atoms with Crippen LogP contribution in [0.15, 0.2) is 54.6 Å². The Balaban J connectivity index is 1.84. The number of hydrogen-bond acceptors (Lipinski definition) is 2. The van der Waals surface area contributed by atoms with E-state index in [-0.39, 0.29) is 12.6 Å². The van der Waals surface area contributed by atoms with E-state index in [4.69, 9.17) is 16.7 Å². The molecule has 0 fully saturated rings. The van der Waals surface area contributed by atoms with Gasteiger partial charge in [-0.3, -0.25) is 0 Å². The summed E-state index contributed by atoms with van der Waals surface area (Å²) in [6.45, 7) is 1.27. The molecule has 4 nitrogen and oxygen atoms in total. The number of aliphatic hydroxyl groups excluding tert-OH is 1. The molecule has 0 unspecified atom stereocenters. The highest BCUT2D eigenvalue weighted by Crippen LogP contribution is 2.09. The highest BCUT2D eigenvalue weighted by Gasteiger charge is 2.12. The topological polar surface area (TPSA) is 52.6 Å². The van der Waals surface area contributed by atoms with E-state index >= 15 is 0 Å². The van der Waals surface area contributed by atoms with Crippen LogP contribution in [-0.2, 0) is 13.0 Å². The van der Waals surface area contributed by atoms with Crippen LogP contribution in [0.25, 0.3) is 0 Å². The summed E-state index contributed by atoms with van der Waals surface area (Å²) in [5, 5.41) is 12.8. The van der Waals surface area contributed by atoms with Crippen molar-refractivity contribution in [1.82, 2.24) is 10.2 Å². The molecular formula is C18H21ClN2O2. The molecule has 2 aromatic carbocycles. The summed E-state index contributed by atoms with van der Waals surface area (Å²) in [6, 6.07) is 17.1. The third kappa shape index (κ3) is 5.93. The van der Waals surface area contributed by atoms with Gasteiger partial charge in [-0.05, 0) is 29.7 Å². The van der Waals surface area contributed by atoms with Crippen molar-refractivity contribution in [3.8, 4) is 0 Å². The number of nitrogens with one attached hydrogen (secondary N) is 1. The van der Waals surface area contributed by atoms with Gasteiger partial charge in [0.1, 0.15) is 0 Å². The molecule has 2 N–H and O–H groups in total. The lowest BCUT2D eigenvalue weighted by Gasteiger charge is -2.22. The highest BCUT2D eigenvalue weighted by molar-refractivity contribution is 6.30. The van der Waals surface area contributed by atoms with Crippen LogP contribution in [0.2, 0.25) is 5.02 Å². The number of benzene rings is 2. The first-order chi connectivity index (χ1) is 11.2. The van der Waals surface area contributed by atoms with Gasteiger partial charge >= 0.3 is 6.03 Å². The van der Waals surface area contributed by atoms with Crippen molar-refractivity contribution < 1.29 is 9.90 Å². The van der Waals surface area contributed by atoms with Gasteiger partial charge in [0.2, 0.25) is 0 Å². The zero-order chi connectivity index (χ0) is 16.5. The van der Waals surface area contributed by atoms with Crippen LogP contribution >= 0.6 is 11.6 Å². The molecule has 0 heterocycles. The average molecular weight is 333 g/mol. The Morgan fingerprint density at radius 2 is 1.74 bits per heavy atom. The molecule has 0 saturated carbocycles. The van der Waals surface area contributed by atoms with Crippen molar-refractivity contribution in [1.29, 1.82) is 0 Å². The summed E-state index contributed by atoms with van der Waals surface area (Å²) >= 11 is 5.85. The van der Waals surface area contributed by atoms with E-state index in [1.165, 1.54) is 0 Å². The number of hydrogen-bond donors (Lipinski definition) is 2. The molecule has 0 bridgehead atoms. The quantitative estimate of drug-likeness (QED) is 0.818. The molecule has 2 aromatic rings. The summed E-state index contributed by atoms with van der Waals surface area (Å²) in [5.41, 5.74) is 2.15. The Kier molecular flexibility index (Phi) is 6.91. The van der Waals surface area contributed by atoms with E-state index in [0.29, 0.717) is 24.7 Å². The number of rotatable bonds is 7. The van der Waals surface area contributed by atoms with Gasteiger partial charge in [-0.25, -0.2) is 4.79 Å². The Bertz CT molecular complexity index is 602. The average Bonchev–Trinajstić information content (AvgIpc) is 2.57. The summed E-state index contributed by atoms with van der Waals surface area (Å²) in [7, 11) is 0. The second-order valence-corrected chi connectivity index (χ2v) is 5.68. The predicted octanol–water partition coefficient (Wildman–Crippen LogP) is 3.09. The van der Waals surface area contributed by atoms with Gasteiger partial charge in [0.25, 0.3) is 0 Å². The first kappa shape index (κ1) is 17.3. The van der Waals surface area contributed by atoms with Crippen molar-refractivity contribution in [3.05, 3.63) is 70.7 Å². The van der Waals surface area contributed by atoms with E-state index in [9.17, 15) is 4.79 Å². The fraction of sp³-hybridized carbons (Fsp3) is 0.278. The van der Waals surface area contributed by atoms with Gasteiger partial charge < -0.3 is 15.3 Å². The molecule has 0 aliphatic heterocycles. The second kappa shape index (κ2) is 9.18. The minimum Gasteiger partial charge on any atom is -0.395 e. The normalized spacial score (nSPS) is 10.3. The molecule has 0 saturated heterocycles. The van der Waals surface area contributed by atoms with Crippen LogP contribution in [0, 0.1) is 0 Å². The van der Waals surface area contributed by atoms with Crippen LogP contribution < -0.4 is 5.32 Å². The van der Waals surface area contributed by atoms with Gasteiger partial charge in [0.05, 0.1) is 6.61 Å². The minimum absolute atomic E-state index is 0.0581. The number of aliphatic hydroxyl groups is 1. The van der Waals surface area contributed by atoms with E-state index in [1.807, 2.05) is 54.6 Å². The maximum absolute atomic E-state index is 12.3. The number of urea groups is 1. The third-order valence-electron chi connectivity index (χ3n) is 3.48. The molecule has 122 valence electrons. The molecule has 2 amide bonds. The van der Waals surface area contributed by atoms with Crippen LogP contribution in [0.5, 0.6) is 0 Å². The molecule has 0 aliphatic carbocycles. The molecule has 0 aromatic heterocycles. The zero-order valence-corrected chi connectivity index (χ0v) is 13.7. The maximum Gasteiger partial charge on any atom is 0.317 e. The maximum atomic E-state index is 12.3. The number of nitrogens with zero attached hydrogens (tertiary/aromatic N) is 1. The van der Waals surface area contributed by atoms with Crippen LogP contribution in [0.1, 0.15) is 11.1 Å². The van der Waals surface area contributed by atoms with Gasteiger partial charge in [-0.1, -0.05) is 54.1 Å². The number of amides is 2. The first-order valence-corrected chi connectivity index (χ1v) is 7.99. The lowest BCUT2D eigenvalue weighted by Crippen LogP contribution is -2.41. The molecule has 0 atom stereocenters. The monoisotopic (exact) mass is 332 g/mol. The van der Waals surface area contributed by atoms with Crippen LogP contribution in [0.4, 0.5) is 4.79 Å². The molecule has 0 aliphatic rings. The Morgan fingerprint density at radius 1 is 1.04 bits per heavy atom. The molecule has 0 radical (unpaired) electrons. The summed E-state index contributed by atoms with van der Waals surface area (Å²) in [4.78, 5) is 13.9. The van der Waals surface area contributed by atoms with E-state index in [1.54, 1.807) is 4.90 Å². The van der Waals surface area contributed by atoms with E-state index in [2.05, 4.69) is 5.32 Å². The number of halogens is 1. The zero-order valence-electron chi connectivity index (χ0n) is 12.9.